The first kappa shape index (κ1) is 15.9. The molecule has 0 amide bonds. The average Bonchev–Trinajstić information content (AvgIpc) is 2.25. The van der Waals surface area contributed by atoms with E-state index in [9.17, 15) is 0 Å². The lowest BCUT2D eigenvalue weighted by atomic mass is 10.1. The van der Waals surface area contributed by atoms with Crippen LogP contribution in [-0.4, -0.2) is 38.0 Å². The Morgan fingerprint density at radius 3 is 2.38 bits per heavy atom. The van der Waals surface area contributed by atoms with E-state index in [1.165, 1.54) is 0 Å². The summed E-state index contributed by atoms with van der Waals surface area (Å²) >= 11 is 0. The Morgan fingerprint density at radius 1 is 1.25 bits per heavy atom. The van der Waals surface area contributed by atoms with Crippen molar-refractivity contribution in [2.24, 2.45) is 0 Å². The molecule has 0 heterocycles. The van der Waals surface area contributed by atoms with Crippen molar-refractivity contribution in [2.75, 3.05) is 20.3 Å². The van der Waals surface area contributed by atoms with Crippen LogP contribution < -0.4 is 5.32 Å². The molecule has 98 valence electrons. The molecule has 3 heteroatoms. The van der Waals surface area contributed by atoms with Crippen molar-refractivity contribution in [3.05, 3.63) is 0 Å². The van der Waals surface area contributed by atoms with Gasteiger partial charge in [0, 0.05) is 26.3 Å². The van der Waals surface area contributed by atoms with Gasteiger partial charge in [0.05, 0.1) is 11.7 Å². The largest absolute Gasteiger partial charge is 0.379 e. The van der Waals surface area contributed by atoms with E-state index in [-0.39, 0.29) is 11.7 Å². The first-order chi connectivity index (χ1) is 7.41. The maximum atomic E-state index is 5.73. The van der Waals surface area contributed by atoms with Crippen LogP contribution in [-0.2, 0) is 9.47 Å². The summed E-state index contributed by atoms with van der Waals surface area (Å²) in [7, 11) is 1.74. The summed E-state index contributed by atoms with van der Waals surface area (Å²) in [5, 5.41) is 3.44. The van der Waals surface area contributed by atoms with Crippen LogP contribution in [0, 0.1) is 0 Å². The summed E-state index contributed by atoms with van der Waals surface area (Å²) in [4.78, 5) is 0. The van der Waals surface area contributed by atoms with E-state index >= 15 is 0 Å². The third-order valence-electron chi connectivity index (χ3n) is 3.03. The predicted molar refractivity (Wildman–Crippen MR) is 68.9 cm³/mol. The molecular weight excluding hydrogens is 202 g/mol. The molecule has 0 aromatic carbocycles. The van der Waals surface area contributed by atoms with Crippen molar-refractivity contribution in [3.8, 4) is 0 Å². The molecule has 0 aliphatic carbocycles. The highest BCUT2D eigenvalue weighted by Crippen LogP contribution is 2.12. The molecule has 3 nitrogen and oxygen atoms in total. The van der Waals surface area contributed by atoms with Gasteiger partial charge in [0.25, 0.3) is 0 Å². The molecule has 0 spiro atoms. The third kappa shape index (κ3) is 8.08. The van der Waals surface area contributed by atoms with Crippen LogP contribution in [0.15, 0.2) is 0 Å². The molecule has 0 aliphatic heterocycles. The van der Waals surface area contributed by atoms with Gasteiger partial charge in [-0.3, -0.25) is 0 Å². The third-order valence-corrected chi connectivity index (χ3v) is 3.03. The Labute approximate surface area is 101 Å². The van der Waals surface area contributed by atoms with Crippen LogP contribution in [0.1, 0.15) is 47.5 Å². The van der Waals surface area contributed by atoms with Crippen LogP contribution in [0.4, 0.5) is 0 Å². The molecule has 0 radical (unpaired) electrons. The number of rotatable bonds is 9. The second kappa shape index (κ2) is 8.04. The van der Waals surface area contributed by atoms with Gasteiger partial charge in [-0.05, 0) is 40.5 Å². The Hall–Kier alpha value is -0.120. The van der Waals surface area contributed by atoms with Gasteiger partial charge in [-0.25, -0.2) is 0 Å². The first-order valence-electron chi connectivity index (χ1n) is 6.31. The van der Waals surface area contributed by atoms with Gasteiger partial charge in [0.1, 0.15) is 0 Å². The molecule has 0 bridgehead atoms. The molecule has 2 unspecified atom stereocenters. The van der Waals surface area contributed by atoms with Gasteiger partial charge < -0.3 is 14.8 Å². The Morgan fingerprint density at radius 2 is 1.88 bits per heavy atom. The molecule has 0 aromatic heterocycles. The lowest BCUT2D eigenvalue weighted by Gasteiger charge is -2.24. The maximum Gasteiger partial charge on any atom is 0.0671 e. The quantitative estimate of drug-likeness (QED) is 0.661. The Bertz CT molecular complexity index is 171. The first-order valence-corrected chi connectivity index (χ1v) is 6.31. The molecule has 1 N–H and O–H groups in total. The highest BCUT2D eigenvalue weighted by atomic mass is 16.5. The van der Waals surface area contributed by atoms with E-state index in [0.29, 0.717) is 6.04 Å². The van der Waals surface area contributed by atoms with E-state index in [4.69, 9.17) is 9.47 Å². The Kier molecular flexibility index (Phi) is 7.98. The topological polar surface area (TPSA) is 30.5 Å². The van der Waals surface area contributed by atoms with Crippen molar-refractivity contribution < 1.29 is 9.47 Å². The average molecular weight is 231 g/mol. The van der Waals surface area contributed by atoms with Crippen LogP contribution in [0.2, 0.25) is 0 Å². The van der Waals surface area contributed by atoms with Crippen LogP contribution in [0.5, 0.6) is 0 Å². The fourth-order valence-corrected chi connectivity index (χ4v) is 1.18. The lowest BCUT2D eigenvalue weighted by molar-refractivity contribution is -0.0232. The molecule has 0 saturated carbocycles. The SMILES string of the molecule is CCC(C)NCC(C)OCCC(C)(C)OC. The number of methoxy groups -OCH3 is 1. The van der Waals surface area contributed by atoms with E-state index in [1.54, 1.807) is 7.11 Å². The Balaban J connectivity index is 3.54. The molecule has 2 atom stereocenters. The minimum Gasteiger partial charge on any atom is -0.379 e. The van der Waals surface area contributed by atoms with E-state index < -0.39 is 0 Å². The van der Waals surface area contributed by atoms with Gasteiger partial charge >= 0.3 is 0 Å². The van der Waals surface area contributed by atoms with Crippen LogP contribution >= 0.6 is 0 Å². The highest BCUT2D eigenvalue weighted by Gasteiger charge is 2.16. The highest BCUT2D eigenvalue weighted by molar-refractivity contribution is 4.68. The number of hydrogen-bond acceptors (Lipinski definition) is 3. The zero-order valence-corrected chi connectivity index (χ0v) is 11.8. The van der Waals surface area contributed by atoms with Gasteiger partial charge in [-0.1, -0.05) is 6.92 Å². The fourth-order valence-electron chi connectivity index (χ4n) is 1.18. The summed E-state index contributed by atoms with van der Waals surface area (Å²) in [6.07, 6.45) is 2.35. The maximum absolute atomic E-state index is 5.73. The summed E-state index contributed by atoms with van der Waals surface area (Å²) < 4.78 is 11.1. The summed E-state index contributed by atoms with van der Waals surface area (Å²) in [6.45, 7) is 12.3. The van der Waals surface area contributed by atoms with Crippen LogP contribution in [0.3, 0.4) is 0 Å². The zero-order chi connectivity index (χ0) is 12.6. The number of hydrogen-bond donors (Lipinski definition) is 1. The summed E-state index contributed by atoms with van der Waals surface area (Å²) in [5.74, 6) is 0. The molecule has 0 fully saturated rings. The fraction of sp³-hybridized carbons (Fsp3) is 1.00. The van der Waals surface area contributed by atoms with Crippen molar-refractivity contribution >= 4 is 0 Å². The van der Waals surface area contributed by atoms with Gasteiger partial charge in [-0.15, -0.1) is 0 Å². The van der Waals surface area contributed by atoms with Crippen molar-refractivity contribution in [1.82, 2.24) is 5.32 Å². The molecule has 16 heavy (non-hydrogen) atoms. The predicted octanol–water partition coefficient (Wildman–Crippen LogP) is 2.59. The van der Waals surface area contributed by atoms with Crippen molar-refractivity contribution in [2.45, 2.75) is 65.2 Å². The van der Waals surface area contributed by atoms with Crippen molar-refractivity contribution in [3.63, 3.8) is 0 Å². The van der Waals surface area contributed by atoms with Gasteiger partial charge in [-0.2, -0.15) is 0 Å². The summed E-state index contributed by atoms with van der Waals surface area (Å²) in [5.41, 5.74) is -0.0795. The van der Waals surface area contributed by atoms with E-state index in [2.05, 4.69) is 39.9 Å². The molecular formula is C13H29NO2. The minimum atomic E-state index is -0.0795. The number of ether oxygens (including phenoxy) is 2. The standard InChI is InChI=1S/C13H29NO2/c1-7-11(2)14-10-12(3)16-9-8-13(4,5)15-6/h11-12,14H,7-10H2,1-6H3. The monoisotopic (exact) mass is 231 g/mol. The normalized spacial score (nSPS) is 16.1. The number of nitrogens with one attached hydrogen (secondary N) is 1. The van der Waals surface area contributed by atoms with Crippen molar-refractivity contribution in [1.29, 1.82) is 0 Å². The lowest BCUT2D eigenvalue weighted by Crippen LogP contribution is -2.34. The zero-order valence-electron chi connectivity index (χ0n) is 11.8. The van der Waals surface area contributed by atoms with E-state index in [1.807, 2.05) is 0 Å². The second-order valence-electron chi connectivity index (χ2n) is 5.11. The molecule has 0 aliphatic rings. The smallest absolute Gasteiger partial charge is 0.0671 e. The molecule has 0 rings (SSSR count). The summed E-state index contributed by atoms with van der Waals surface area (Å²) in [6, 6.07) is 0.571. The van der Waals surface area contributed by atoms with Gasteiger partial charge in [0.2, 0.25) is 0 Å². The molecule has 0 aromatic rings. The van der Waals surface area contributed by atoms with Crippen LogP contribution in [0.25, 0.3) is 0 Å². The van der Waals surface area contributed by atoms with E-state index in [0.717, 1.165) is 26.0 Å². The minimum absolute atomic E-state index is 0.0795. The second-order valence-corrected chi connectivity index (χ2v) is 5.11. The van der Waals surface area contributed by atoms with Gasteiger partial charge in [0.15, 0.2) is 0 Å². The molecule has 0 saturated heterocycles.